The summed E-state index contributed by atoms with van der Waals surface area (Å²) in [4.78, 5) is 2.51. The molecule has 1 aromatic carbocycles. The van der Waals surface area contributed by atoms with E-state index in [4.69, 9.17) is 16.3 Å². The van der Waals surface area contributed by atoms with Gasteiger partial charge in [-0.25, -0.2) is 0 Å². The molecule has 1 N–H and O–H groups in total. The summed E-state index contributed by atoms with van der Waals surface area (Å²) in [6.45, 7) is 5.62. The van der Waals surface area contributed by atoms with Crippen molar-refractivity contribution in [2.75, 3.05) is 32.7 Å². The summed E-state index contributed by atoms with van der Waals surface area (Å²) >= 11 is 6.38. The van der Waals surface area contributed by atoms with E-state index >= 15 is 0 Å². The van der Waals surface area contributed by atoms with Crippen LogP contribution in [0.3, 0.4) is 0 Å². The SMILES string of the molecule is Clc1cc(CCN2CCNCC2)ccc1OC1CCCC1. The Hall–Kier alpha value is -0.770. The smallest absolute Gasteiger partial charge is 0.138 e. The highest BCUT2D eigenvalue weighted by molar-refractivity contribution is 6.32. The largest absolute Gasteiger partial charge is 0.489 e. The van der Waals surface area contributed by atoms with Crippen molar-refractivity contribution in [1.29, 1.82) is 0 Å². The number of ether oxygens (including phenoxy) is 1. The highest BCUT2D eigenvalue weighted by atomic mass is 35.5. The minimum Gasteiger partial charge on any atom is -0.489 e. The molecule has 2 aliphatic rings. The van der Waals surface area contributed by atoms with E-state index in [1.807, 2.05) is 6.07 Å². The van der Waals surface area contributed by atoms with Crippen LogP contribution in [-0.2, 0) is 6.42 Å². The van der Waals surface area contributed by atoms with E-state index in [9.17, 15) is 0 Å². The van der Waals surface area contributed by atoms with Gasteiger partial charge in [0.05, 0.1) is 11.1 Å². The van der Waals surface area contributed by atoms with E-state index < -0.39 is 0 Å². The van der Waals surface area contributed by atoms with Gasteiger partial charge in [-0.2, -0.15) is 0 Å². The average molecular weight is 309 g/mol. The van der Waals surface area contributed by atoms with Crippen LogP contribution in [0.25, 0.3) is 0 Å². The van der Waals surface area contributed by atoms with Crippen LogP contribution in [0.4, 0.5) is 0 Å². The van der Waals surface area contributed by atoms with Gasteiger partial charge in [-0.3, -0.25) is 0 Å². The fraction of sp³-hybridized carbons (Fsp3) is 0.647. The van der Waals surface area contributed by atoms with E-state index in [1.54, 1.807) is 0 Å². The zero-order valence-electron chi connectivity index (χ0n) is 12.6. The first kappa shape index (κ1) is 15.1. The van der Waals surface area contributed by atoms with Gasteiger partial charge in [0.2, 0.25) is 0 Å². The third-order valence-corrected chi connectivity index (χ3v) is 4.81. The topological polar surface area (TPSA) is 24.5 Å². The Kier molecular flexibility index (Phi) is 5.39. The summed E-state index contributed by atoms with van der Waals surface area (Å²) in [5.41, 5.74) is 1.30. The molecule has 4 heteroatoms. The van der Waals surface area contributed by atoms with Gasteiger partial charge in [0.1, 0.15) is 5.75 Å². The van der Waals surface area contributed by atoms with Crippen LogP contribution >= 0.6 is 11.6 Å². The Labute approximate surface area is 132 Å². The second kappa shape index (κ2) is 7.48. The first-order valence-electron chi connectivity index (χ1n) is 8.19. The van der Waals surface area contributed by atoms with Crippen molar-refractivity contribution < 1.29 is 4.74 Å². The van der Waals surface area contributed by atoms with Crippen molar-refractivity contribution in [3.8, 4) is 5.75 Å². The molecule has 0 unspecified atom stereocenters. The lowest BCUT2D eigenvalue weighted by Crippen LogP contribution is -2.44. The second-order valence-electron chi connectivity index (χ2n) is 6.13. The highest BCUT2D eigenvalue weighted by Gasteiger charge is 2.18. The quantitative estimate of drug-likeness (QED) is 0.904. The Morgan fingerprint density at radius 2 is 1.95 bits per heavy atom. The lowest BCUT2D eigenvalue weighted by molar-refractivity contribution is 0.210. The Bertz CT molecular complexity index is 454. The molecule has 1 aliphatic heterocycles. The van der Waals surface area contributed by atoms with Crippen molar-refractivity contribution in [3.63, 3.8) is 0 Å². The zero-order chi connectivity index (χ0) is 14.5. The van der Waals surface area contributed by atoms with Gasteiger partial charge in [0.25, 0.3) is 0 Å². The standard InChI is InChI=1S/C17H25ClN2O/c18-16-13-14(7-10-20-11-8-19-9-12-20)5-6-17(16)21-15-3-1-2-4-15/h5-6,13,15,19H,1-4,7-12H2. The van der Waals surface area contributed by atoms with Gasteiger partial charge >= 0.3 is 0 Å². The Balaban J connectivity index is 1.53. The molecule has 0 bridgehead atoms. The highest BCUT2D eigenvalue weighted by Crippen LogP contribution is 2.30. The van der Waals surface area contributed by atoms with Crippen LogP contribution in [0.2, 0.25) is 5.02 Å². The van der Waals surface area contributed by atoms with Crippen LogP contribution in [0.15, 0.2) is 18.2 Å². The summed E-state index contributed by atoms with van der Waals surface area (Å²) in [5, 5.41) is 4.15. The molecule has 0 amide bonds. The third-order valence-electron chi connectivity index (χ3n) is 4.52. The summed E-state index contributed by atoms with van der Waals surface area (Å²) in [7, 11) is 0. The first-order valence-corrected chi connectivity index (χ1v) is 8.57. The van der Waals surface area contributed by atoms with E-state index in [0.717, 1.165) is 49.9 Å². The van der Waals surface area contributed by atoms with Crippen molar-refractivity contribution >= 4 is 11.6 Å². The summed E-state index contributed by atoms with van der Waals surface area (Å²) in [6, 6.07) is 6.29. The van der Waals surface area contributed by atoms with Gasteiger partial charge in [-0.05, 0) is 49.8 Å². The predicted octanol–water partition coefficient (Wildman–Crippen LogP) is 3.11. The van der Waals surface area contributed by atoms with Gasteiger partial charge < -0.3 is 15.0 Å². The van der Waals surface area contributed by atoms with Crippen LogP contribution < -0.4 is 10.1 Å². The van der Waals surface area contributed by atoms with Crippen LogP contribution in [0.5, 0.6) is 5.75 Å². The molecule has 116 valence electrons. The van der Waals surface area contributed by atoms with Gasteiger partial charge in [-0.15, -0.1) is 0 Å². The lowest BCUT2D eigenvalue weighted by atomic mass is 10.1. The first-order chi connectivity index (χ1) is 10.3. The minimum absolute atomic E-state index is 0.370. The molecule has 0 radical (unpaired) electrons. The second-order valence-corrected chi connectivity index (χ2v) is 6.54. The number of benzene rings is 1. The Morgan fingerprint density at radius 1 is 1.19 bits per heavy atom. The van der Waals surface area contributed by atoms with Gasteiger partial charge in [-0.1, -0.05) is 17.7 Å². The van der Waals surface area contributed by atoms with Crippen molar-refractivity contribution in [1.82, 2.24) is 10.2 Å². The Morgan fingerprint density at radius 3 is 2.67 bits per heavy atom. The van der Waals surface area contributed by atoms with Gasteiger partial charge in [0.15, 0.2) is 0 Å². The molecule has 21 heavy (non-hydrogen) atoms. The fourth-order valence-corrected chi connectivity index (χ4v) is 3.45. The molecule has 0 atom stereocenters. The number of halogens is 1. The van der Waals surface area contributed by atoms with E-state index in [1.165, 1.54) is 31.2 Å². The van der Waals surface area contributed by atoms with Gasteiger partial charge in [0, 0.05) is 32.7 Å². The molecule has 1 aliphatic carbocycles. The molecule has 3 nitrogen and oxygen atoms in total. The maximum Gasteiger partial charge on any atom is 0.138 e. The van der Waals surface area contributed by atoms with E-state index in [-0.39, 0.29) is 0 Å². The lowest BCUT2D eigenvalue weighted by Gasteiger charge is -2.27. The number of piperazine rings is 1. The predicted molar refractivity (Wildman–Crippen MR) is 87.3 cm³/mol. The molecule has 0 aromatic heterocycles. The molecule has 1 saturated heterocycles. The van der Waals surface area contributed by atoms with E-state index in [0.29, 0.717) is 6.10 Å². The molecular weight excluding hydrogens is 284 g/mol. The van der Waals surface area contributed by atoms with Crippen LogP contribution in [0, 0.1) is 0 Å². The normalized spacial score (nSPS) is 20.8. The number of nitrogens with zero attached hydrogens (tertiary/aromatic N) is 1. The molecular formula is C17H25ClN2O. The summed E-state index contributed by atoms with van der Waals surface area (Å²) in [5.74, 6) is 0.856. The average Bonchev–Trinajstić information content (AvgIpc) is 3.02. The number of nitrogens with one attached hydrogen (secondary N) is 1. The monoisotopic (exact) mass is 308 g/mol. The number of hydrogen-bond donors (Lipinski definition) is 1. The molecule has 0 spiro atoms. The fourth-order valence-electron chi connectivity index (χ4n) is 3.20. The maximum atomic E-state index is 6.38. The van der Waals surface area contributed by atoms with Crippen LogP contribution in [0.1, 0.15) is 31.2 Å². The minimum atomic E-state index is 0.370. The van der Waals surface area contributed by atoms with Crippen molar-refractivity contribution in [3.05, 3.63) is 28.8 Å². The van der Waals surface area contributed by atoms with Crippen LogP contribution in [-0.4, -0.2) is 43.7 Å². The number of hydrogen-bond acceptors (Lipinski definition) is 3. The molecule has 1 aromatic rings. The summed E-state index contributed by atoms with van der Waals surface area (Å²) < 4.78 is 6.00. The molecule has 1 heterocycles. The van der Waals surface area contributed by atoms with Crippen molar-refractivity contribution in [2.45, 2.75) is 38.2 Å². The number of rotatable bonds is 5. The molecule has 2 fully saturated rings. The zero-order valence-corrected chi connectivity index (χ0v) is 13.4. The maximum absolute atomic E-state index is 6.38. The summed E-state index contributed by atoms with van der Waals surface area (Å²) in [6.07, 6.45) is 6.33. The molecule has 1 saturated carbocycles. The molecule has 3 rings (SSSR count). The van der Waals surface area contributed by atoms with E-state index in [2.05, 4.69) is 22.3 Å². The third kappa shape index (κ3) is 4.35. The van der Waals surface area contributed by atoms with Crippen molar-refractivity contribution in [2.24, 2.45) is 0 Å².